The molecular formula is C12H14F2N2OS. The fourth-order valence-corrected chi connectivity index (χ4v) is 2.62. The molecule has 1 saturated heterocycles. The molecular weight excluding hydrogens is 258 g/mol. The second kappa shape index (κ2) is 5.14. The molecule has 2 rings (SSSR count). The van der Waals surface area contributed by atoms with Crippen molar-refractivity contribution in [2.24, 2.45) is 0 Å². The van der Waals surface area contributed by atoms with E-state index in [4.69, 9.17) is 5.73 Å². The van der Waals surface area contributed by atoms with Gasteiger partial charge >= 0.3 is 11.2 Å². The van der Waals surface area contributed by atoms with Crippen molar-refractivity contribution in [1.29, 1.82) is 0 Å². The Kier molecular flexibility index (Phi) is 3.75. The van der Waals surface area contributed by atoms with Crippen molar-refractivity contribution in [3.8, 4) is 0 Å². The van der Waals surface area contributed by atoms with E-state index < -0.39 is 11.2 Å². The normalized spacial score (nSPS) is 16.0. The summed E-state index contributed by atoms with van der Waals surface area (Å²) in [6.07, 6.45) is 1.60. The Morgan fingerprint density at radius 1 is 1.22 bits per heavy atom. The molecule has 0 atom stereocenters. The molecule has 1 fully saturated rings. The average Bonchev–Trinajstić information content (AvgIpc) is 2.84. The van der Waals surface area contributed by atoms with Gasteiger partial charge < -0.3 is 10.6 Å². The summed E-state index contributed by atoms with van der Waals surface area (Å²) in [6, 6.07) is 6.06. The second-order valence-corrected chi connectivity index (χ2v) is 5.38. The highest BCUT2D eigenvalue weighted by Crippen LogP contribution is 2.38. The highest BCUT2D eigenvalue weighted by atomic mass is 32.2. The summed E-state index contributed by atoms with van der Waals surface area (Å²) in [7, 11) is 0. The Hall–Kier alpha value is -1.30. The van der Waals surface area contributed by atoms with Crippen LogP contribution >= 0.6 is 11.8 Å². The van der Waals surface area contributed by atoms with Crippen LogP contribution in [0.1, 0.15) is 12.8 Å². The van der Waals surface area contributed by atoms with Crippen LogP contribution in [0.15, 0.2) is 29.2 Å². The molecule has 18 heavy (non-hydrogen) atoms. The van der Waals surface area contributed by atoms with Gasteiger partial charge in [0, 0.05) is 23.7 Å². The number of benzene rings is 1. The number of carbonyl (C=O) groups is 1. The van der Waals surface area contributed by atoms with Crippen LogP contribution < -0.4 is 5.73 Å². The van der Waals surface area contributed by atoms with Crippen LogP contribution in [0.4, 0.5) is 14.5 Å². The largest absolute Gasteiger partial charge is 0.399 e. The molecule has 0 aromatic heterocycles. The van der Waals surface area contributed by atoms with Crippen molar-refractivity contribution in [1.82, 2.24) is 4.90 Å². The number of alkyl halides is 2. The third kappa shape index (κ3) is 2.93. The van der Waals surface area contributed by atoms with E-state index in [0.29, 0.717) is 23.7 Å². The lowest BCUT2D eigenvalue weighted by Gasteiger charge is -2.21. The van der Waals surface area contributed by atoms with Crippen LogP contribution in [0.5, 0.6) is 0 Å². The summed E-state index contributed by atoms with van der Waals surface area (Å²) in [5.74, 6) is -1.10. The Bertz CT molecular complexity index is 430. The average molecular weight is 272 g/mol. The molecule has 6 heteroatoms. The summed E-state index contributed by atoms with van der Waals surface area (Å²) in [6.45, 7) is 0.855. The second-order valence-electron chi connectivity index (χ2n) is 4.19. The van der Waals surface area contributed by atoms with E-state index >= 15 is 0 Å². The molecule has 0 bridgehead atoms. The minimum atomic E-state index is -3.42. The maximum absolute atomic E-state index is 13.8. The van der Waals surface area contributed by atoms with Crippen molar-refractivity contribution in [3.63, 3.8) is 0 Å². The number of thioether (sulfide) groups is 1. The molecule has 1 aliphatic rings. The zero-order valence-corrected chi connectivity index (χ0v) is 10.6. The summed E-state index contributed by atoms with van der Waals surface area (Å²) in [5, 5.41) is -3.42. The van der Waals surface area contributed by atoms with Crippen molar-refractivity contribution in [3.05, 3.63) is 24.3 Å². The lowest BCUT2D eigenvalue weighted by atomic mass is 10.3. The number of anilines is 1. The van der Waals surface area contributed by atoms with Crippen molar-refractivity contribution in [2.45, 2.75) is 23.0 Å². The standard InChI is InChI=1S/C12H14F2N2OS/c13-12(14,11(17)16-7-1-2-8-16)18-10-5-3-9(15)4-6-10/h3-6H,1-2,7-8,15H2. The lowest BCUT2D eigenvalue weighted by molar-refractivity contribution is -0.145. The summed E-state index contributed by atoms with van der Waals surface area (Å²) in [5.41, 5.74) is 5.99. The molecule has 1 amide bonds. The van der Waals surface area contributed by atoms with E-state index in [1.165, 1.54) is 17.0 Å². The van der Waals surface area contributed by atoms with Crippen LogP contribution in [0.2, 0.25) is 0 Å². The molecule has 2 N–H and O–H groups in total. The minimum Gasteiger partial charge on any atom is -0.399 e. The molecule has 1 aromatic rings. The maximum Gasteiger partial charge on any atom is 0.375 e. The van der Waals surface area contributed by atoms with E-state index in [9.17, 15) is 13.6 Å². The van der Waals surface area contributed by atoms with Gasteiger partial charge in [-0.05, 0) is 48.9 Å². The van der Waals surface area contributed by atoms with E-state index in [-0.39, 0.29) is 11.8 Å². The lowest BCUT2D eigenvalue weighted by Crippen LogP contribution is -2.39. The smallest absolute Gasteiger partial charge is 0.375 e. The van der Waals surface area contributed by atoms with Crippen LogP contribution in [-0.2, 0) is 4.79 Å². The van der Waals surface area contributed by atoms with Crippen LogP contribution in [0, 0.1) is 0 Å². The molecule has 0 radical (unpaired) electrons. The SMILES string of the molecule is Nc1ccc(SC(F)(F)C(=O)N2CCCC2)cc1. The molecule has 0 spiro atoms. The maximum atomic E-state index is 13.8. The quantitative estimate of drug-likeness (QED) is 0.679. The predicted octanol–water partition coefficient (Wildman–Crippen LogP) is 2.58. The number of hydrogen-bond acceptors (Lipinski definition) is 3. The number of nitrogens with two attached hydrogens (primary N) is 1. The number of rotatable bonds is 3. The fraction of sp³-hybridized carbons (Fsp3) is 0.417. The highest BCUT2D eigenvalue weighted by molar-refractivity contribution is 8.01. The Labute approximate surface area is 108 Å². The van der Waals surface area contributed by atoms with Crippen molar-refractivity contribution < 1.29 is 13.6 Å². The van der Waals surface area contributed by atoms with Gasteiger partial charge in [-0.3, -0.25) is 4.79 Å². The molecule has 1 aliphatic heterocycles. The van der Waals surface area contributed by atoms with E-state index in [1.807, 2.05) is 0 Å². The fourth-order valence-electron chi connectivity index (χ4n) is 1.83. The first kappa shape index (κ1) is 13.1. The zero-order valence-electron chi connectivity index (χ0n) is 9.73. The zero-order chi connectivity index (χ0) is 13.2. The van der Waals surface area contributed by atoms with Gasteiger partial charge in [0.25, 0.3) is 0 Å². The molecule has 0 aliphatic carbocycles. The number of halogens is 2. The Balaban J connectivity index is 2.05. The van der Waals surface area contributed by atoms with Crippen LogP contribution in [0.25, 0.3) is 0 Å². The number of nitrogen functional groups attached to an aromatic ring is 1. The van der Waals surface area contributed by atoms with Gasteiger partial charge in [-0.15, -0.1) is 0 Å². The van der Waals surface area contributed by atoms with E-state index in [2.05, 4.69) is 0 Å². The minimum absolute atomic E-state index is 0.269. The van der Waals surface area contributed by atoms with Gasteiger partial charge in [0.1, 0.15) is 0 Å². The molecule has 0 unspecified atom stereocenters. The monoisotopic (exact) mass is 272 g/mol. The first-order valence-corrected chi connectivity index (χ1v) is 6.52. The number of likely N-dealkylation sites (tertiary alicyclic amines) is 1. The number of hydrogen-bond donors (Lipinski definition) is 1. The molecule has 98 valence electrons. The number of carbonyl (C=O) groups excluding carboxylic acids is 1. The van der Waals surface area contributed by atoms with Gasteiger partial charge in [0.05, 0.1) is 0 Å². The third-order valence-electron chi connectivity index (χ3n) is 2.77. The van der Waals surface area contributed by atoms with E-state index in [1.54, 1.807) is 12.1 Å². The van der Waals surface area contributed by atoms with Gasteiger partial charge in [-0.2, -0.15) is 8.78 Å². The van der Waals surface area contributed by atoms with Gasteiger partial charge in [-0.1, -0.05) is 0 Å². The molecule has 1 aromatic carbocycles. The first-order valence-electron chi connectivity index (χ1n) is 5.71. The topological polar surface area (TPSA) is 46.3 Å². The van der Waals surface area contributed by atoms with Crippen molar-refractivity contribution >= 4 is 23.4 Å². The third-order valence-corrected chi connectivity index (χ3v) is 3.71. The van der Waals surface area contributed by atoms with Gasteiger partial charge in [0.2, 0.25) is 0 Å². The Morgan fingerprint density at radius 3 is 2.33 bits per heavy atom. The first-order chi connectivity index (χ1) is 8.49. The predicted molar refractivity (Wildman–Crippen MR) is 67.5 cm³/mol. The molecule has 0 saturated carbocycles. The Morgan fingerprint density at radius 2 is 1.78 bits per heavy atom. The molecule has 1 heterocycles. The number of nitrogens with zero attached hydrogens (tertiary/aromatic N) is 1. The summed E-state index contributed by atoms with van der Waals surface area (Å²) < 4.78 is 27.6. The van der Waals surface area contributed by atoms with Gasteiger partial charge in [0.15, 0.2) is 0 Å². The molecule has 3 nitrogen and oxygen atoms in total. The van der Waals surface area contributed by atoms with Crippen LogP contribution in [-0.4, -0.2) is 29.2 Å². The van der Waals surface area contributed by atoms with E-state index in [0.717, 1.165) is 12.8 Å². The number of amides is 1. The summed E-state index contributed by atoms with van der Waals surface area (Å²) >= 11 is 0.269. The van der Waals surface area contributed by atoms with Gasteiger partial charge in [-0.25, -0.2) is 0 Å². The summed E-state index contributed by atoms with van der Waals surface area (Å²) in [4.78, 5) is 13.2. The van der Waals surface area contributed by atoms with Crippen molar-refractivity contribution in [2.75, 3.05) is 18.8 Å². The van der Waals surface area contributed by atoms with Crippen LogP contribution in [0.3, 0.4) is 0 Å². The highest BCUT2D eigenvalue weighted by Gasteiger charge is 2.43.